The van der Waals surface area contributed by atoms with Gasteiger partial charge in [-0.15, -0.1) is 0 Å². The first-order valence-corrected chi connectivity index (χ1v) is 10.1. The zero-order chi connectivity index (χ0) is 17.0. The number of piperidine rings is 1. The maximum absolute atomic E-state index is 11.6. The number of pyridine rings is 1. The molecule has 3 rings (SSSR count). The van der Waals surface area contributed by atoms with Crippen LogP contribution >= 0.6 is 0 Å². The van der Waals surface area contributed by atoms with E-state index in [0.29, 0.717) is 6.42 Å². The van der Waals surface area contributed by atoms with Crippen molar-refractivity contribution >= 4 is 10.0 Å². The van der Waals surface area contributed by atoms with Crippen LogP contribution in [0.1, 0.15) is 18.5 Å². The lowest BCUT2D eigenvalue weighted by molar-refractivity contribution is 0.327. The fourth-order valence-corrected chi connectivity index (χ4v) is 4.00. The number of hydrogen-bond acceptors (Lipinski definition) is 4. The molecular formula is C18H23N3O2S. The molecule has 2 aromatic rings. The van der Waals surface area contributed by atoms with Crippen LogP contribution in [-0.4, -0.2) is 38.3 Å². The highest BCUT2D eigenvalue weighted by molar-refractivity contribution is 7.88. The second-order valence-electron chi connectivity index (χ2n) is 6.28. The molecule has 2 N–H and O–H groups in total. The number of nitrogens with one attached hydrogen (secondary N) is 2. The number of aromatic nitrogens is 1. The lowest BCUT2D eigenvalue weighted by Crippen LogP contribution is -2.54. The lowest BCUT2D eigenvalue weighted by Gasteiger charge is -2.32. The number of hydrogen-bond donors (Lipinski definition) is 2. The number of rotatable bonds is 5. The molecule has 1 aliphatic heterocycles. The van der Waals surface area contributed by atoms with E-state index in [0.717, 1.165) is 36.3 Å². The zero-order valence-corrected chi connectivity index (χ0v) is 14.6. The molecule has 0 bridgehead atoms. The Morgan fingerprint density at radius 3 is 2.71 bits per heavy atom. The molecule has 0 saturated carbocycles. The molecule has 128 valence electrons. The summed E-state index contributed by atoms with van der Waals surface area (Å²) in [5.74, 6) is 0. The van der Waals surface area contributed by atoms with Crippen LogP contribution in [0.5, 0.6) is 0 Å². The maximum atomic E-state index is 11.6. The normalized spacial score (nSPS) is 21.5. The monoisotopic (exact) mass is 345 g/mol. The van der Waals surface area contributed by atoms with Gasteiger partial charge in [-0.05, 0) is 31.5 Å². The minimum atomic E-state index is -3.21. The van der Waals surface area contributed by atoms with Crippen molar-refractivity contribution < 1.29 is 8.42 Å². The van der Waals surface area contributed by atoms with E-state index >= 15 is 0 Å². The predicted octanol–water partition coefficient (Wildman–Crippen LogP) is 1.96. The fourth-order valence-electron chi connectivity index (χ4n) is 3.17. The minimum Gasteiger partial charge on any atom is -0.312 e. The Balaban J connectivity index is 1.77. The predicted molar refractivity (Wildman–Crippen MR) is 96.2 cm³/mol. The van der Waals surface area contributed by atoms with Gasteiger partial charge in [0.2, 0.25) is 10.0 Å². The quantitative estimate of drug-likeness (QED) is 0.869. The molecule has 1 saturated heterocycles. The van der Waals surface area contributed by atoms with Crippen molar-refractivity contribution in [2.24, 2.45) is 0 Å². The van der Waals surface area contributed by atoms with Gasteiger partial charge in [0.05, 0.1) is 11.9 Å². The van der Waals surface area contributed by atoms with Crippen molar-refractivity contribution in [2.45, 2.75) is 31.3 Å². The zero-order valence-electron chi connectivity index (χ0n) is 13.8. The van der Waals surface area contributed by atoms with Crippen molar-refractivity contribution in [3.63, 3.8) is 0 Å². The highest BCUT2D eigenvalue weighted by atomic mass is 32.2. The molecule has 5 nitrogen and oxygen atoms in total. The third-order valence-corrected chi connectivity index (χ3v) is 4.99. The smallest absolute Gasteiger partial charge is 0.209 e. The molecule has 0 amide bonds. The van der Waals surface area contributed by atoms with E-state index in [-0.39, 0.29) is 12.1 Å². The van der Waals surface area contributed by atoms with Crippen LogP contribution in [0.15, 0.2) is 48.5 Å². The third-order valence-electron chi connectivity index (χ3n) is 4.25. The van der Waals surface area contributed by atoms with Gasteiger partial charge in [0, 0.05) is 29.8 Å². The second kappa shape index (κ2) is 7.42. The van der Waals surface area contributed by atoms with Crippen LogP contribution in [0.25, 0.3) is 11.3 Å². The van der Waals surface area contributed by atoms with Gasteiger partial charge in [-0.25, -0.2) is 13.1 Å². The van der Waals surface area contributed by atoms with Crippen molar-refractivity contribution in [1.82, 2.24) is 15.0 Å². The average molecular weight is 345 g/mol. The highest BCUT2D eigenvalue weighted by Gasteiger charge is 2.27. The van der Waals surface area contributed by atoms with E-state index in [1.54, 1.807) is 0 Å². The molecule has 2 heterocycles. The summed E-state index contributed by atoms with van der Waals surface area (Å²) in [6.45, 7) is 0.908. The van der Waals surface area contributed by atoms with Crippen molar-refractivity contribution in [2.75, 3.05) is 12.8 Å². The van der Waals surface area contributed by atoms with Gasteiger partial charge < -0.3 is 5.32 Å². The topological polar surface area (TPSA) is 71.1 Å². The third kappa shape index (κ3) is 4.63. The highest BCUT2D eigenvalue weighted by Crippen LogP contribution is 2.19. The largest absolute Gasteiger partial charge is 0.312 e. The van der Waals surface area contributed by atoms with Crippen molar-refractivity contribution in [3.8, 4) is 11.3 Å². The van der Waals surface area contributed by atoms with E-state index in [9.17, 15) is 8.42 Å². The summed E-state index contributed by atoms with van der Waals surface area (Å²) in [4.78, 5) is 4.75. The Hall–Kier alpha value is -1.76. The van der Waals surface area contributed by atoms with Crippen LogP contribution in [0, 0.1) is 0 Å². The van der Waals surface area contributed by atoms with E-state index in [4.69, 9.17) is 4.98 Å². The van der Waals surface area contributed by atoms with Gasteiger partial charge in [0.25, 0.3) is 0 Å². The Morgan fingerprint density at radius 1 is 1.17 bits per heavy atom. The van der Waals surface area contributed by atoms with Crippen molar-refractivity contribution in [3.05, 3.63) is 54.2 Å². The van der Waals surface area contributed by atoms with Gasteiger partial charge in [0.1, 0.15) is 0 Å². The van der Waals surface area contributed by atoms with E-state index < -0.39 is 10.0 Å². The second-order valence-corrected chi connectivity index (χ2v) is 8.06. The first kappa shape index (κ1) is 17.1. The average Bonchev–Trinajstić information content (AvgIpc) is 2.56. The molecule has 2 atom stereocenters. The lowest BCUT2D eigenvalue weighted by atomic mass is 9.95. The Bertz CT molecular complexity index is 778. The molecular weight excluding hydrogens is 322 g/mol. The molecule has 0 radical (unpaired) electrons. The number of benzene rings is 1. The van der Waals surface area contributed by atoms with Crippen LogP contribution in [-0.2, 0) is 16.4 Å². The summed E-state index contributed by atoms with van der Waals surface area (Å²) in [6, 6.07) is 16.0. The van der Waals surface area contributed by atoms with Gasteiger partial charge in [-0.3, -0.25) is 4.98 Å². The van der Waals surface area contributed by atoms with Gasteiger partial charge in [-0.1, -0.05) is 36.4 Å². The summed E-state index contributed by atoms with van der Waals surface area (Å²) in [7, 11) is -3.21. The molecule has 0 unspecified atom stereocenters. The summed E-state index contributed by atoms with van der Waals surface area (Å²) < 4.78 is 25.9. The van der Waals surface area contributed by atoms with E-state index in [1.807, 2.05) is 48.5 Å². The summed E-state index contributed by atoms with van der Waals surface area (Å²) >= 11 is 0. The van der Waals surface area contributed by atoms with Gasteiger partial charge in [0.15, 0.2) is 0 Å². The van der Waals surface area contributed by atoms with Crippen LogP contribution in [0.2, 0.25) is 0 Å². The number of sulfonamides is 1. The first-order chi connectivity index (χ1) is 11.5. The minimum absolute atomic E-state index is 0.0620. The Labute approximate surface area is 143 Å². The molecule has 24 heavy (non-hydrogen) atoms. The van der Waals surface area contributed by atoms with Crippen LogP contribution in [0.4, 0.5) is 0 Å². The van der Waals surface area contributed by atoms with E-state index in [2.05, 4.69) is 10.0 Å². The molecule has 1 aromatic heterocycles. The first-order valence-electron chi connectivity index (χ1n) is 8.23. The standard InChI is InChI=1S/C18H23N3O2S/c1-24(22,23)21-17-11-6-12-19-18(17)13-15-9-5-10-16(20-15)14-7-3-2-4-8-14/h2-5,7-10,17-19,21H,6,11-13H2,1H3/t17-,18-/m1/s1. The van der Waals surface area contributed by atoms with Crippen molar-refractivity contribution in [1.29, 1.82) is 0 Å². The van der Waals surface area contributed by atoms with Crippen LogP contribution < -0.4 is 10.0 Å². The SMILES string of the molecule is CS(=O)(=O)N[C@@H]1CCCN[C@@H]1Cc1cccc(-c2ccccc2)n1. The fraction of sp³-hybridized carbons (Fsp3) is 0.389. The molecule has 1 aliphatic rings. The summed E-state index contributed by atoms with van der Waals surface area (Å²) in [5, 5.41) is 3.43. The molecule has 1 fully saturated rings. The molecule has 0 aliphatic carbocycles. The molecule has 6 heteroatoms. The summed E-state index contributed by atoms with van der Waals surface area (Å²) in [5.41, 5.74) is 2.99. The van der Waals surface area contributed by atoms with E-state index in [1.165, 1.54) is 6.26 Å². The summed E-state index contributed by atoms with van der Waals surface area (Å²) in [6.07, 6.45) is 3.74. The van der Waals surface area contributed by atoms with Crippen LogP contribution in [0.3, 0.4) is 0 Å². The Morgan fingerprint density at radius 2 is 1.96 bits per heavy atom. The maximum Gasteiger partial charge on any atom is 0.209 e. The molecule has 1 aromatic carbocycles. The Kier molecular flexibility index (Phi) is 5.28. The van der Waals surface area contributed by atoms with Gasteiger partial charge in [-0.2, -0.15) is 0 Å². The molecule has 0 spiro atoms. The number of nitrogens with zero attached hydrogens (tertiary/aromatic N) is 1. The van der Waals surface area contributed by atoms with Gasteiger partial charge >= 0.3 is 0 Å².